The number of aryl methyl sites for hydroxylation is 1. The van der Waals surface area contributed by atoms with E-state index in [0.29, 0.717) is 0 Å². The van der Waals surface area contributed by atoms with Gasteiger partial charge in [-0.3, -0.25) is 10.1 Å². The maximum absolute atomic E-state index is 10.6. The summed E-state index contributed by atoms with van der Waals surface area (Å²) in [5, 5.41) is 13.9. The van der Waals surface area contributed by atoms with Gasteiger partial charge in [-0.1, -0.05) is 6.42 Å². The van der Waals surface area contributed by atoms with Gasteiger partial charge in [0.1, 0.15) is 0 Å². The van der Waals surface area contributed by atoms with Crippen LogP contribution in [0.3, 0.4) is 0 Å². The Morgan fingerprint density at radius 3 is 2.72 bits per heavy atom. The minimum absolute atomic E-state index is 0.151. The second-order valence-electron chi connectivity index (χ2n) is 4.24. The zero-order valence-corrected chi connectivity index (χ0v) is 11.8. The molecule has 0 fully saturated rings. The molecule has 0 bridgehead atoms. The lowest BCUT2D eigenvalue weighted by atomic mass is 10.1. The van der Waals surface area contributed by atoms with E-state index in [1.54, 1.807) is 18.2 Å². The molecule has 5 heteroatoms. The number of non-ortho nitro benzene ring substituents is 1. The van der Waals surface area contributed by atoms with E-state index in [1.807, 2.05) is 18.7 Å². The molecule has 0 aliphatic carbocycles. The van der Waals surface area contributed by atoms with Crippen LogP contribution >= 0.6 is 11.8 Å². The Balaban J connectivity index is 2.36. The highest BCUT2D eigenvalue weighted by molar-refractivity contribution is 7.98. The van der Waals surface area contributed by atoms with Crippen LogP contribution in [0.25, 0.3) is 0 Å². The predicted octanol–water partition coefficient (Wildman–Crippen LogP) is 3.85. The third-order valence-corrected chi connectivity index (χ3v) is 3.46. The van der Waals surface area contributed by atoms with Crippen molar-refractivity contribution in [2.24, 2.45) is 0 Å². The number of rotatable bonds is 8. The van der Waals surface area contributed by atoms with Crippen molar-refractivity contribution in [2.45, 2.75) is 26.2 Å². The largest absolute Gasteiger partial charge is 0.385 e. The Labute approximate surface area is 112 Å². The van der Waals surface area contributed by atoms with Crippen LogP contribution in [0.1, 0.15) is 24.8 Å². The maximum atomic E-state index is 10.6. The number of nitrogens with zero attached hydrogens (tertiary/aromatic N) is 1. The number of benzene rings is 1. The second-order valence-corrected chi connectivity index (χ2v) is 5.22. The molecular weight excluding hydrogens is 248 g/mol. The fourth-order valence-corrected chi connectivity index (χ4v) is 2.22. The molecule has 1 aromatic carbocycles. The first-order chi connectivity index (χ1) is 8.65. The third-order valence-electron chi connectivity index (χ3n) is 2.76. The summed E-state index contributed by atoms with van der Waals surface area (Å²) < 4.78 is 0. The van der Waals surface area contributed by atoms with E-state index in [0.717, 1.165) is 24.2 Å². The van der Waals surface area contributed by atoms with Crippen LogP contribution in [0.2, 0.25) is 0 Å². The van der Waals surface area contributed by atoms with Crippen LogP contribution in [0.5, 0.6) is 0 Å². The minimum Gasteiger partial charge on any atom is -0.385 e. The highest BCUT2D eigenvalue weighted by Crippen LogP contribution is 2.21. The van der Waals surface area contributed by atoms with Gasteiger partial charge in [-0.2, -0.15) is 11.8 Å². The lowest BCUT2D eigenvalue weighted by Gasteiger charge is -2.09. The standard InChI is InChI=1S/C13H20N2O2S/c1-11-10-12(15(16)17)6-7-13(11)14-8-4-3-5-9-18-2/h6-7,10,14H,3-5,8-9H2,1-2H3. The van der Waals surface area contributed by atoms with E-state index in [2.05, 4.69) is 11.6 Å². The molecule has 1 rings (SSSR count). The molecule has 1 aromatic rings. The van der Waals surface area contributed by atoms with Crippen molar-refractivity contribution in [3.8, 4) is 0 Å². The summed E-state index contributed by atoms with van der Waals surface area (Å²) in [6.07, 6.45) is 5.73. The van der Waals surface area contributed by atoms with Gasteiger partial charge in [0.25, 0.3) is 5.69 Å². The third kappa shape index (κ3) is 4.96. The van der Waals surface area contributed by atoms with Gasteiger partial charge in [0.2, 0.25) is 0 Å². The zero-order chi connectivity index (χ0) is 13.4. The molecular formula is C13H20N2O2S. The first kappa shape index (κ1) is 14.8. The number of anilines is 1. The van der Waals surface area contributed by atoms with Crippen molar-refractivity contribution in [1.29, 1.82) is 0 Å². The van der Waals surface area contributed by atoms with Crippen LogP contribution in [0.15, 0.2) is 18.2 Å². The average molecular weight is 268 g/mol. The van der Waals surface area contributed by atoms with Gasteiger partial charge in [-0.15, -0.1) is 0 Å². The topological polar surface area (TPSA) is 55.2 Å². The Kier molecular flexibility index (Phi) is 6.57. The van der Waals surface area contributed by atoms with Crippen molar-refractivity contribution in [2.75, 3.05) is 23.9 Å². The highest BCUT2D eigenvalue weighted by Gasteiger charge is 2.07. The number of nitrogens with one attached hydrogen (secondary N) is 1. The van der Waals surface area contributed by atoms with Crippen LogP contribution in [0, 0.1) is 17.0 Å². The summed E-state index contributed by atoms with van der Waals surface area (Å²) in [5.74, 6) is 1.22. The fourth-order valence-electron chi connectivity index (χ4n) is 1.73. The molecule has 0 aromatic heterocycles. The first-order valence-corrected chi connectivity index (χ1v) is 7.52. The number of hydrogen-bond acceptors (Lipinski definition) is 4. The van der Waals surface area contributed by atoms with E-state index in [9.17, 15) is 10.1 Å². The SMILES string of the molecule is CSCCCCCNc1ccc([N+](=O)[O-])cc1C. The van der Waals surface area contributed by atoms with E-state index < -0.39 is 0 Å². The van der Waals surface area contributed by atoms with Gasteiger partial charge >= 0.3 is 0 Å². The molecule has 0 atom stereocenters. The summed E-state index contributed by atoms with van der Waals surface area (Å²) in [7, 11) is 0. The predicted molar refractivity (Wildman–Crippen MR) is 78.6 cm³/mol. The quantitative estimate of drug-likeness (QED) is 0.442. The van der Waals surface area contributed by atoms with Gasteiger partial charge in [0.15, 0.2) is 0 Å². The number of nitro benzene ring substituents is 1. The summed E-state index contributed by atoms with van der Waals surface area (Å²) in [6, 6.07) is 4.94. The van der Waals surface area contributed by atoms with E-state index in [4.69, 9.17) is 0 Å². The Hall–Kier alpha value is -1.23. The Morgan fingerprint density at radius 2 is 2.11 bits per heavy atom. The number of hydrogen-bond donors (Lipinski definition) is 1. The lowest BCUT2D eigenvalue weighted by Crippen LogP contribution is -2.03. The van der Waals surface area contributed by atoms with Gasteiger partial charge in [0.05, 0.1) is 4.92 Å². The van der Waals surface area contributed by atoms with Gasteiger partial charge in [-0.25, -0.2) is 0 Å². The molecule has 0 aliphatic rings. The fraction of sp³-hybridized carbons (Fsp3) is 0.538. The number of nitro groups is 1. The molecule has 0 heterocycles. The molecule has 0 aliphatic heterocycles. The second kappa shape index (κ2) is 7.97. The van der Waals surface area contributed by atoms with Crippen LogP contribution in [0.4, 0.5) is 11.4 Å². The molecule has 0 spiro atoms. The van der Waals surface area contributed by atoms with Gasteiger partial charge in [0, 0.05) is 24.4 Å². The zero-order valence-electron chi connectivity index (χ0n) is 10.9. The molecule has 0 radical (unpaired) electrons. The molecule has 4 nitrogen and oxygen atoms in total. The molecule has 0 saturated carbocycles. The van der Waals surface area contributed by atoms with Crippen molar-refractivity contribution in [1.82, 2.24) is 0 Å². The number of unbranched alkanes of at least 4 members (excludes halogenated alkanes) is 2. The molecule has 18 heavy (non-hydrogen) atoms. The van der Waals surface area contributed by atoms with E-state index >= 15 is 0 Å². The molecule has 0 saturated heterocycles. The van der Waals surface area contributed by atoms with Crippen LogP contribution in [-0.4, -0.2) is 23.5 Å². The van der Waals surface area contributed by atoms with E-state index in [-0.39, 0.29) is 10.6 Å². The summed E-state index contributed by atoms with van der Waals surface area (Å²) in [6.45, 7) is 2.82. The van der Waals surface area contributed by atoms with Crippen molar-refractivity contribution >= 4 is 23.1 Å². The summed E-state index contributed by atoms with van der Waals surface area (Å²) in [5.41, 5.74) is 2.07. The van der Waals surface area contributed by atoms with E-state index in [1.165, 1.54) is 18.6 Å². The molecule has 0 unspecified atom stereocenters. The van der Waals surface area contributed by atoms with Crippen molar-refractivity contribution in [3.63, 3.8) is 0 Å². The minimum atomic E-state index is -0.362. The number of thioether (sulfide) groups is 1. The van der Waals surface area contributed by atoms with Crippen molar-refractivity contribution in [3.05, 3.63) is 33.9 Å². The summed E-state index contributed by atoms with van der Waals surface area (Å²) in [4.78, 5) is 10.2. The lowest BCUT2D eigenvalue weighted by molar-refractivity contribution is -0.384. The van der Waals surface area contributed by atoms with Gasteiger partial charge in [-0.05, 0) is 43.4 Å². The maximum Gasteiger partial charge on any atom is 0.269 e. The van der Waals surface area contributed by atoms with Crippen LogP contribution < -0.4 is 5.32 Å². The summed E-state index contributed by atoms with van der Waals surface area (Å²) >= 11 is 1.88. The Bertz CT molecular complexity index is 397. The highest BCUT2D eigenvalue weighted by atomic mass is 32.2. The first-order valence-electron chi connectivity index (χ1n) is 6.13. The average Bonchev–Trinajstić information content (AvgIpc) is 2.35. The molecule has 0 amide bonds. The molecule has 1 N–H and O–H groups in total. The molecule has 100 valence electrons. The van der Waals surface area contributed by atoms with Gasteiger partial charge < -0.3 is 5.32 Å². The van der Waals surface area contributed by atoms with Crippen LogP contribution in [-0.2, 0) is 0 Å². The monoisotopic (exact) mass is 268 g/mol. The van der Waals surface area contributed by atoms with Crippen molar-refractivity contribution < 1.29 is 4.92 Å². The Morgan fingerprint density at radius 1 is 1.33 bits per heavy atom. The normalized spacial score (nSPS) is 10.3. The smallest absolute Gasteiger partial charge is 0.269 e.